The Hall–Kier alpha value is -2.62. The summed E-state index contributed by atoms with van der Waals surface area (Å²) in [7, 11) is 1.37. The minimum absolute atomic E-state index is 0.264. The lowest BCUT2D eigenvalue weighted by Crippen LogP contribution is -2.22. The molecule has 1 aliphatic rings. The first-order valence-corrected chi connectivity index (χ1v) is 7.02. The largest absolute Gasteiger partial charge is 0.465 e. The third-order valence-corrected chi connectivity index (χ3v) is 3.90. The molecule has 0 aromatic heterocycles. The van der Waals surface area contributed by atoms with Gasteiger partial charge >= 0.3 is 5.97 Å². The van der Waals surface area contributed by atoms with Crippen molar-refractivity contribution in [2.24, 2.45) is 0 Å². The van der Waals surface area contributed by atoms with E-state index >= 15 is 0 Å². The first-order chi connectivity index (χ1) is 10.6. The van der Waals surface area contributed by atoms with Crippen molar-refractivity contribution in [3.8, 4) is 0 Å². The molecule has 1 atom stereocenters. The number of hydrogen-bond donors (Lipinski definition) is 1. The normalized spacial score (nSPS) is 16.8. The van der Waals surface area contributed by atoms with E-state index in [0.717, 1.165) is 22.4 Å². The van der Waals surface area contributed by atoms with Gasteiger partial charge in [-0.15, -0.1) is 0 Å². The van der Waals surface area contributed by atoms with E-state index in [2.05, 4.69) is 5.32 Å². The number of ether oxygens (including phenoxy) is 1. The van der Waals surface area contributed by atoms with Gasteiger partial charge in [-0.3, -0.25) is 0 Å². The van der Waals surface area contributed by atoms with Crippen molar-refractivity contribution in [1.29, 1.82) is 0 Å². The molecule has 3 rings (SSSR count). The molecule has 3 nitrogen and oxygen atoms in total. The van der Waals surface area contributed by atoms with Gasteiger partial charge in [0.25, 0.3) is 0 Å². The summed E-state index contributed by atoms with van der Waals surface area (Å²) in [5.41, 5.74) is 3.76. The maximum absolute atomic E-state index is 13.5. The highest BCUT2D eigenvalue weighted by Gasteiger charge is 2.29. The lowest BCUT2D eigenvalue weighted by molar-refractivity contribution is -0.133. The van der Waals surface area contributed by atoms with E-state index < -0.39 is 0 Å². The zero-order valence-corrected chi connectivity index (χ0v) is 12.4. The summed E-state index contributed by atoms with van der Waals surface area (Å²) in [6.45, 7) is 1.87. The van der Waals surface area contributed by atoms with Gasteiger partial charge in [-0.2, -0.15) is 0 Å². The van der Waals surface area contributed by atoms with Gasteiger partial charge in [0, 0.05) is 11.3 Å². The number of carbonyl (C=O) groups excluding carboxylic acids is 1. The van der Waals surface area contributed by atoms with Crippen LogP contribution >= 0.6 is 0 Å². The molecular formula is C18H16FNO2. The molecule has 1 heterocycles. The summed E-state index contributed by atoms with van der Waals surface area (Å²) in [5.74, 6) is -0.682. The minimum Gasteiger partial charge on any atom is -0.465 e. The first kappa shape index (κ1) is 14.3. The number of anilines is 1. The van der Waals surface area contributed by atoms with E-state index in [1.54, 1.807) is 6.07 Å². The number of nitrogens with one attached hydrogen (secondary N) is 1. The zero-order chi connectivity index (χ0) is 15.7. The van der Waals surface area contributed by atoms with E-state index in [4.69, 9.17) is 4.74 Å². The fourth-order valence-corrected chi connectivity index (χ4v) is 2.84. The summed E-state index contributed by atoms with van der Waals surface area (Å²) in [5, 5.41) is 3.37. The van der Waals surface area contributed by atoms with Gasteiger partial charge in [0.2, 0.25) is 0 Å². The van der Waals surface area contributed by atoms with Crippen LogP contribution < -0.4 is 5.32 Å². The van der Waals surface area contributed by atoms with Gasteiger partial charge < -0.3 is 10.1 Å². The third-order valence-electron chi connectivity index (χ3n) is 3.90. The highest BCUT2D eigenvalue weighted by atomic mass is 19.1. The number of hydrogen-bond acceptors (Lipinski definition) is 3. The SMILES string of the molecule is COC(=O)C1=C(C)C(c2cccc(F)c2)Nc2ccccc21. The Balaban J connectivity index is 2.17. The monoisotopic (exact) mass is 297 g/mol. The second-order valence-electron chi connectivity index (χ2n) is 5.23. The number of esters is 1. The first-order valence-electron chi connectivity index (χ1n) is 7.02. The summed E-state index contributed by atoms with van der Waals surface area (Å²) in [4.78, 5) is 12.2. The zero-order valence-electron chi connectivity index (χ0n) is 12.4. The van der Waals surface area contributed by atoms with Crippen LogP contribution in [0.1, 0.15) is 24.1 Å². The predicted octanol–water partition coefficient (Wildman–Crippen LogP) is 3.94. The Morgan fingerprint density at radius 1 is 1.18 bits per heavy atom. The van der Waals surface area contributed by atoms with E-state index in [1.165, 1.54) is 19.2 Å². The fourth-order valence-electron chi connectivity index (χ4n) is 2.84. The smallest absolute Gasteiger partial charge is 0.338 e. The Kier molecular flexibility index (Phi) is 3.67. The van der Waals surface area contributed by atoms with Crippen LogP contribution in [0.3, 0.4) is 0 Å². The topological polar surface area (TPSA) is 38.3 Å². The van der Waals surface area contributed by atoms with Gasteiger partial charge in [-0.05, 0) is 36.3 Å². The molecule has 1 aliphatic heterocycles. The molecule has 0 amide bonds. The molecular weight excluding hydrogens is 281 g/mol. The van der Waals surface area contributed by atoms with Gasteiger partial charge in [0.15, 0.2) is 0 Å². The van der Waals surface area contributed by atoms with Gasteiger partial charge in [0.1, 0.15) is 5.82 Å². The number of rotatable bonds is 2. The number of fused-ring (bicyclic) bond motifs is 1. The van der Waals surface area contributed by atoms with Crippen LogP contribution in [-0.2, 0) is 9.53 Å². The molecule has 0 aliphatic carbocycles. The van der Waals surface area contributed by atoms with E-state index in [-0.39, 0.29) is 17.8 Å². The Morgan fingerprint density at radius 3 is 2.68 bits per heavy atom. The molecule has 2 aromatic rings. The van der Waals surface area contributed by atoms with Gasteiger partial charge in [-0.1, -0.05) is 30.3 Å². The van der Waals surface area contributed by atoms with E-state index in [1.807, 2.05) is 37.3 Å². The van der Waals surface area contributed by atoms with Crippen molar-refractivity contribution in [2.45, 2.75) is 13.0 Å². The maximum Gasteiger partial charge on any atom is 0.338 e. The second-order valence-corrected chi connectivity index (χ2v) is 5.23. The molecule has 4 heteroatoms. The summed E-state index contributed by atoms with van der Waals surface area (Å²) in [6, 6.07) is 13.7. The Bertz CT molecular complexity index is 767. The number of carbonyl (C=O) groups is 1. The van der Waals surface area contributed by atoms with Crippen LogP contribution in [0.5, 0.6) is 0 Å². The molecule has 0 fully saturated rings. The van der Waals surface area contributed by atoms with Crippen LogP contribution in [0.4, 0.5) is 10.1 Å². The maximum atomic E-state index is 13.5. The van der Waals surface area contributed by atoms with Crippen molar-refractivity contribution < 1.29 is 13.9 Å². The number of para-hydroxylation sites is 1. The molecule has 0 bridgehead atoms. The van der Waals surface area contributed by atoms with Crippen molar-refractivity contribution in [2.75, 3.05) is 12.4 Å². The van der Waals surface area contributed by atoms with Crippen LogP contribution in [0, 0.1) is 5.82 Å². The summed E-state index contributed by atoms with van der Waals surface area (Å²) >= 11 is 0. The average Bonchev–Trinajstić information content (AvgIpc) is 2.53. The van der Waals surface area contributed by atoms with Crippen molar-refractivity contribution in [3.05, 3.63) is 71.0 Å². The molecule has 1 N–H and O–H groups in total. The lowest BCUT2D eigenvalue weighted by atomic mass is 9.87. The third kappa shape index (κ3) is 2.37. The molecule has 0 spiro atoms. The number of halogens is 1. The average molecular weight is 297 g/mol. The van der Waals surface area contributed by atoms with Crippen LogP contribution in [0.25, 0.3) is 5.57 Å². The number of methoxy groups -OCH3 is 1. The van der Waals surface area contributed by atoms with Gasteiger partial charge in [-0.25, -0.2) is 9.18 Å². The second kappa shape index (κ2) is 5.64. The number of benzene rings is 2. The van der Waals surface area contributed by atoms with Gasteiger partial charge in [0.05, 0.1) is 18.7 Å². The fraction of sp³-hybridized carbons (Fsp3) is 0.167. The molecule has 1 unspecified atom stereocenters. The van der Waals surface area contributed by atoms with Crippen LogP contribution in [0.2, 0.25) is 0 Å². The molecule has 112 valence electrons. The van der Waals surface area contributed by atoms with Crippen LogP contribution in [0.15, 0.2) is 54.1 Å². The van der Waals surface area contributed by atoms with E-state index in [9.17, 15) is 9.18 Å². The van der Waals surface area contributed by atoms with Crippen molar-refractivity contribution >= 4 is 17.2 Å². The Labute approximate surface area is 128 Å². The standard InChI is InChI=1S/C18H16FNO2/c1-11-16(18(21)22-2)14-8-3-4-9-15(14)20-17(11)12-6-5-7-13(19)10-12/h3-10,17,20H,1-2H3. The van der Waals surface area contributed by atoms with Crippen molar-refractivity contribution in [3.63, 3.8) is 0 Å². The van der Waals surface area contributed by atoms with Crippen LogP contribution in [-0.4, -0.2) is 13.1 Å². The van der Waals surface area contributed by atoms with E-state index in [0.29, 0.717) is 5.57 Å². The molecule has 0 saturated heterocycles. The molecule has 0 saturated carbocycles. The highest BCUT2D eigenvalue weighted by molar-refractivity contribution is 6.20. The predicted molar refractivity (Wildman–Crippen MR) is 83.8 cm³/mol. The summed E-state index contributed by atoms with van der Waals surface area (Å²) < 4.78 is 18.5. The minimum atomic E-state index is -0.382. The molecule has 0 radical (unpaired) electrons. The molecule has 22 heavy (non-hydrogen) atoms. The Morgan fingerprint density at radius 2 is 1.95 bits per heavy atom. The van der Waals surface area contributed by atoms with Crippen molar-refractivity contribution in [1.82, 2.24) is 0 Å². The summed E-state index contributed by atoms with van der Waals surface area (Å²) in [6.07, 6.45) is 0. The highest BCUT2D eigenvalue weighted by Crippen LogP contribution is 2.40. The molecule has 2 aromatic carbocycles. The quantitative estimate of drug-likeness (QED) is 0.853. The lowest BCUT2D eigenvalue weighted by Gasteiger charge is -2.30.